The van der Waals surface area contributed by atoms with Gasteiger partial charge in [-0.05, 0) is 40.5 Å². The van der Waals surface area contributed by atoms with Crippen molar-refractivity contribution in [3.63, 3.8) is 0 Å². The smallest absolute Gasteiger partial charge is 0.175 e. The zero-order valence-electron chi connectivity index (χ0n) is 11.8. The summed E-state index contributed by atoms with van der Waals surface area (Å²) >= 11 is 3.49. The Bertz CT molecular complexity index is 642. The van der Waals surface area contributed by atoms with E-state index in [-0.39, 0.29) is 0 Å². The molecule has 112 valence electrons. The van der Waals surface area contributed by atoms with E-state index in [1.165, 1.54) is 0 Å². The highest BCUT2D eigenvalue weighted by atomic mass is 79.9. The average Bonchev–Trinajstić information content (AvgIpc) is 2.84. The molecule has 1 N–H and O–H groups in total. The average molecular weight is 353 g/mol. The molecule has 0 fully saturated rings. The van der Waals surface area contributed by atoms with Crippen LogP contribution in [0.2, 0.25) is 0 Å². The van der Waals surface area contributed by atoms with Crippen molar-refractivity contribution in [2.45, 2.75) is 26.0 Å². The molecule has 2 heterocycles. The van der Waals surface area contributed by atoms with Crippen LogP contribution in [0.4, 0.5) is 0 Å². The number of hydrogen-bond acceptors (Lipinski definition) is 4. The molecular weight excluding hydrogens is 336 g/mol. The van der Waals surface area contributed by atoms with Crippen molar-refractivity contribution >= 4 is 15.9 Å². The molecule has 1 aliphatic rings. The molecule has 3 rings (SSSR count). The molecule has 1 atom stereocenters. The third-order valence-corrected chi connectivity index (χ3v) is 4.02. The number of aryl methyl sites for hydroxylation is 1. The second kappa shape index (κ2) is 6.07. The third-order valence-electron chi connectivity index (χ3n) is 3.43. The fraction of sp³-hybridized carbons (Fsp3) is 0.400. The van der Waals surface area contributed by atoms with Crippen molar-refractivity contribution in [3.8, 4) is 11.5 Å². The number of aromatic nitrogens is 2. The van der Waals surface area contributed by atoms with E-state index in [2.05, 4.69) is 21.0 Å². The summed E-state index contributed by atoms with van der Waals surface area (Å²) < 4.78 is 13.9. The molecule has 0 saturated carbocycles. The summed E-state index contributed by atoms with van der Waals surface area (Å²) in [4.78, 5) is 0. The Kier molecular flexibility index (Phi) is 4.17. The van der Waals surface area contributed by atoms with E-state index >= 15 is 0 Å². The fourth-order valence-electron chi connectivity index (χ4n) is 2.29. The van der Waals surface area contributed by atoms with Crippen LogP contribution in [0.1, 0.15) is 30.6 Å². The van der Waals surface area contributed by atoms with Gasteiger partial charge in [-0.3, -0.25) is 4.68 Å². The highest BCUT2D eigenvalue weighted by Crippen LogP contribution is 2.40. The molecule has 1 unspecified atom stereocenters. The van der Waals surface area contributed by atoms with Gasteiger partial charge in [-0.25, -0.2) is 0 Å². The summed E-state index contributed by atoms with van der Waals surface area (Å²) in [6.45, 7) is 4.04. The van der Waals surface area contributed by atoms with Gasteiger partial charge in [-0.15, -0.1) is 0 Å². The third kappa shape index (κ3) is 2.91. The van der Waals surface area contributed by atoms with Gasteiger partial charge < -0.3 is 14.6 Å². The van der Waals surface area contributed by atoms with Crippen LogP contribution in [-0.2, 0) is 6.54 Å². The van der Waals surface area contributed by atoms with E-state index in [9.17, 15) is 5.11 Å². The van der Waals surface area contributed by atoms with Crippen LogP contribution in [0.5, 0.6) is 11.5 Å². The van der Waals surface area contributed by atoms with Crippen molar-refractivity contribution in [1.29, 1.82) is 0 Å². The summed E-state index contributed by atoms with van der Waals surface area (Å²) in [5.74, 6) is 1.37. The van der Waals surface area contributed by atoms with Crippen LogP contribution in [0.25, 0.3) is 0 Å². The minimum absolute atomic E-state index is 0.618. The lowest BCUT2D eigenvalue weighted by Gasteiger charge is -2.14. The first-order valence-electron chi connectivity index (χ1n) is 6.98. The first-order chi connectivity index (χ1) is 10.2. The Hall–Kier alpha value is -1.53. The number of aliphatic hydroxyl groups excluding tert-OH is 1. The molecule has 1 aromatic carbocycles. The van der Waals surface area contributed by atoms with Crippen LogP contribution in [0.15, 0.2) is 29.0 Å². The topological polar surface area (TPSA) is 56.5 Å². The molecule has 6 heteroatoms. The minimum atomic E-state index is -0.737. The van der Waals surface area contributed by atoms with Crippen LogP contribution in [-0.4, -0.2) is 28.1 Å². The Labute approximate surface area is 131 Å². The maximum Gasteiger partial charge on any atom is 0.175 e. The lowest BCUT2D eigenvalue weighted by Crippen LogP contribution is -2.01. The van der Waals surface area contributed by atoms with Crippen LogP contribution in [0, 0.1) is 0 Å². The standard InChI is InChI=1S/C15H17BrN2O3/c1-2-18-9-11(8-17-18)14(19)10-6-12(16)15-13(7-10)20-4-3-5-21-15/h6-9,14,19H,2-5H2,1H3. The largest absolute Gasteiger partial charge is 0.490 e. The predicted molar refractivity (Wildman–Crippen MR) is 81.7 cm³/mol. The van der Waals surface area contributed by atoms with Gasteiger partial charge in [0.15, 0.2) is 11.5 Å². The van der Waals surface area contributed by atoms with Gasteiger partial charge in [0.1, 0.15) is 6.10 Å². The van der Waals surface area contributed by atoms with Crippen LogP contribution in [0.3, 0.4) is 0 Å². The Morgan fingerprint density at radius 2 is 2.14 bits per heavy atom. The van der Waals surface area contributed by atoms with E-state index in [1.807, 2.05) is 25.3 Å². The Morgan fingerprint density at radius 1 is 1.33 bits per heavy atom. The van der Waals surface area contributed by atoms with Crippen molar-refractivity contribution in [3.05, 3.63) is 40.1 Å². The molecular formula is C15H17BrN2O3. The predicted octanol–water partition coefficient (Wildman–Crippen LogP) is 2.91. The fourth-order valence-corrected chi connectivity index (χ4v) is 2.87. The number of nitrogens with zero attached hydrogens (tertiary/aromatic N) is 2. The second-order valence-corrected chi connectivity index (χ2v) is 5.77. The van der Waals surface area contributed by atoms with Crippen molar-refractivity contribution in [2.24, 2.45) is 0 Å². The molecule has 2 aromatic rings. The van der Waals surface area contributed by atoms with E-state index in [1.54, 1.807) is 10.9 Å². The molecule has 1 aromatic heterocycles. The maximum absolute atomic E-state index is 10.5. The van der Waals surface area contributed by atoms with E-state index in [4.69, 9.17) is 9.47 Å². The number of hydrogen-bond donors (Lipinski definition) is 1. The van der Waals surface area contributed by atoms with Crippen molar-refractivity contribution in [2.75, 3.05) is 13.2 Å². The lowest BCUT2D eigenvalue weighted by molar-refractivity contribution is 0.219. The normalized spacial score (nSPS) is 15.6. The first kappa shape index (κ1) is 14.4. The number of aliphatic hydroxyl groups is 1. The molecule has 21 heavy (non-hydrogen) atoms. The number of halogens is 1. The quantitative estimate of drug-likeness (QED) is 0.922. The van der Waals surface area contributed by atoms with Gasteiger partial charge in [0.2, 0.25) is 0 Å². The second-order valence-electron chi connectivity index (χ2n) is 4.91. The zero-order chi connectivity index (χ0) is 14.8. The summed E-state index contributed by atoms with van der Waals surface area (Å²) in [5, 5.41) is 14.7. The number of benzene rings is 1. The van der Waals surface area contributed by atoms with Gasteiger partial charge in [0.25, 0.3) is 0 Å². The van der Waals surface area contributed by atoms with Crippen LogP contribution < -0.4 is 9.47 Å². The molecule has 0 saturated heterocycles. The van der Waals surface area contributed by atoms with E-state index in [0.29, 0.717) is 24.7 Å². The highest BCUT2D eigenvalue weighted by molar-refractivity contribution is 9.10. The molecule has 1 aliphatic heterocycles. The summed E-state index contributed by atoms with van der Waals surface area (Å²) in [5.41, 5.74) is 1.51. The molecule has 5 nitrogen and oxygen atoms in total. The first-order valence-corrected chi connectivity index (χ1v) is 7.77. The molecule has 0 aliphatic carbocycles. The van der Waals surface area contributed by atoms with Gasteiger partial charge in [0.05, 0.1) is 23.9 Å². The monoisotopic (exact) mass is 352 g/mol. The molecule has 0 bridgehead atoms. The van der Waals surface area contributed by atoms with Gasteiger partial charge in [-0.1, -0.05) is 0 Å². The van der Waals surface area contributed by atoms with E-state index in [0.717, 1.165) is 28.6 Å². The van der Waals surface area contributed by atoms with Gasteiger partial charge in [-0.2, -0.15) is 5.10 Å². The highest BCUT2D eigenvalue weighted by Gasteiger charge is 2.20. The molecule has 0 amide bonds. The van der Waals surface area contributed by atoms with Gasteiger partial charge >= 0.3 is 0 Å². The summed E-state index contributed by atoms with van der Waals surface area (Å²) in [7, 11) is 0. The molecule has 0 radical (unpaired) electrons. The zero-order valence-corrected chi connectivity index (χ0v) is 13.3. The van der Waals surface area contributed by atoms with E-state index < -0.39 is 6.10 Å². The van der Waals surface area contributed by atoms with Crippen molar-refractivity contribution in [1.82, 2.24) is 9.78 Å². The maximum atomic E-state index is 10.5. The SMILES string of the molecule is CCn1cc(C(O)c2cc(Br)c3c(c2)OCCCO3)cn1. The Balaban J connectivity index is 1.94. The number of fused-ring (bicyclic) bond motifs is 1. The summed E-state index contributed by atoms with van der Waals surface area (Å²) in [6.07, 6.45) is 3.65. The van der Waals surface area contributed by atoms with Crippen LogP contribution >= 0.6 is 15.9 Å². The van der Waals surface area contributed by atoms with Crippen molar-refractivity contribution < 1.29 is 14.6 Å². The Morgan fingerprint density at radius 3 is 2.90 bits per heavy atom. The minimum Gasteiger partial charge on any atom is -0.490 e. The summed E-state index contributed by atoms with van der Waals surface area (Å²) in [6, 6.07) is 3.70. The van der Waals surface area contributed by atoms with Gasteiger partial charge in [0, 0.05) is 24.7 Å². The number of ether oxygens (including phenoxy) is 2. The number of rotatable bonds is 3. The lowest BCUT2D eigenvalue weighted by atomic mass is 10.0. The molecule has 0 spiro atoms.